The molecular formula is C21H24ClN3O2S. The minimum absolute atomic E-state index is 0.226. The number of halogens is 1. The number of sulfonamides is 1. The fourth-order valence-electron chi connectivity index (χ4n) is 2.89. The highest BCUT2D eigenvalue weighted by molar-refractivity contribution is 7.92. The summed E-state index contributed by atoms with van der Waals surface area (Å²) < 4.78 is 29.7. The third-order valence-corrected chi connectivity index (χ3v) is 6.46. The van der Waals surface area contributed by atoms with Crippen LogP contribution in [0.25, 0.3) is 0 Å². The van der Waals surface area contributed by atoms with Crippen molar-refractivity contribution in [3.63, 3.8) is 0 Å². The van der Waals surface area contributed by atoms with Crippen LogP contribution in [0.5, 0.6) is 0 Å². The lowest BCUT2D eigenvalue weighted by molar-refractivity contribution is 0.600. The van der Waals surface area contributed by atoms with E-state index in [2.05, 4.69) is 23.7 Å². The number of benzene rings is 2. The van der Waals surface area contributed by atoms with Gasteiger partial charge in [0, 0.05) is 16.8 Å². The van der Waals surface area contributed by atoms with Gasteiger partial charge >= 0.3 is 0 Å². The molecule has 1 heterocycles. The minimum Gasteiger partial charge on any atom is -0.263 e. The van der Waals surface area contributed by atoms with E-state index >= 15 is 0 Å². The van der Waals surface area contributed by atoms with Crippen molar-refractivity contribution in [2.75, 3.05) is 4.72 Å². The SMILES string of the molecule is CCC(C)c1ccc(S(=O)(=O)Nc2cc(C)n(Cc3ccc(Cl)cc3)n2)cc1. The van der Waals surface area contributed by atoms with Crippen LogP contribution in [0.3, 0.4) is 0 Å². The lowest BCUT2D eigenvalue weighted by Gasteiger charge is -2.10. The predicted octanol–water partition coefficient (Wildman–Crippen LogP) is 5.21. The Morgan fingerprint density at radius 2 is 1.75 bits per heavy atom. The standard InChI is InChI=1S/C21H24ClN3O2S/c1-4-15(2)18-7-11-20(12-8-18)28(26,27)24-21-13-16(3)25(23-21)14-17-5-9-19(22)10-6-17/h5-13,15H,4,14H2,1-3H3,(H,23,24). The Bertz CT molecular complexity index is 1040. The fraction of sp³-hybridized carbons (Fsp3) is 0.286. The zero-order valence-electron chi connectivity index (χ0n) is 16.2. The van der Waals surface area contributed by atoms with Crippen LogP contribution >= 0.6 is 11.6 Å². The van der Waals surface area contributed by atoms with Crippen LogP contribution in [0, 0.1) is 6.92 Å². The number of aromatic nitrogens is 2. The lowest BCUT2D eigenvalue weighted by atomic mass is 9.99. The number of nitrogens with one attached hydrogen (secondary N) is 1. The van der Waals surface area contributed by atoms with Crippen molar-refractivity contribution in [3.8, 4) is 0 Å². The highest BCUT2D eigenvalue weighted by Crippen LogP contribution is 2.22. The quantitative estimate of drug-likeness (QED) is 0.574. The molecule has 1 atom stereocenters. The molecule has 0 amide bonds. The molecule has 0 spiro atoms. The Labute approximate surface area is 171 Å². The average Bonchev–Trinajstić information content (AvgIpc) is 3.01. The monoisotopic (exact) mass is 417 g/mol. The molecule has 0 aliphatic heterocycles. The molecule has 0 aliphatic carbocycles. The summed E-state index contributed by atoms with van der Waals surface area (Å²) in [5.41, 5.74) is 3.02. The summed E-state index contributed by atoms with van der Waals surface area (Å²) in [4.78, 5) is 0.226. The van der Waals surface area contributed by atoms with Crippen molar-refractivity contribution in [2.24, 2.45) is 0 Å². The van der Waals surface area contributed by atoms with Crippen LogP contribution in [0.4, 0.5) is 5.82 Å². The van der Waals surface area contributed by atoms with E-state index in [1.807, 2.05) is 43.3 Å². The first-order valence-electron chi connectivity index (χ1n) is 9.20. The maximum atomic E-state index is 12.7. The molecule has 3 aromatic rings. The van der Waals surface area contributed by atoms with Gasteiger partial charge in [0.25, 0.3) is 10.0 Å². The van der Waals surface area contributed by atoms with Crippen molar-refractivity contribution in [2.45, 2.75) is 44.6 Å². The largest absolute Gasteiger partial charge is 0.263 e. The molecule has 148 valence electrons. The normalized spacial score (nSPS) is 12.7. The second kappa shape index (κ2) is 8.37. The molecule has 7 heteroatoms. The van der Waals surface area contributed by atoms with Gasteiger partial charge in [0.15, 0.2) is 5.82 Å². The molecule has 0 saturated heterocycles. The molecule has 0 fully saturated rings. The fourth-order valence-corrected chi connectivity index (χ4v) is 4.00. The molecular weight excluding hydrogens is 394 g/mol. The topological polar surface area (TPSA) is 64.0 Å². The molecule has 0 saturated carbocycles. The van der Waals surface area contributed by atoms with Gasteiger partial charge < -0.3 is 0 Å². The van der Waals surface area contributed by atoms with Crippen LogP contribution in [0.1, 0.15) is 43.0 Å². The maximum Gasteiger partial charge on any atom is 0.263 e. The third-order valence-electron chi connectivity index (χ3n) is 4.84. The zero-order valence-corrected chi connectivity index (χ0v) is 17.8. The highest BCUT2D eigenvalue weighted by atomic mass is 35.5. The Kier molecular flexibility index (Phi) is 6.10. The van der Waals surface area contributed by atoms with Gasteiger partial charge in [0.05, 0.1) is 11.4 Å². The predicted molar refractivity (Wildman–Crippen MR) is 113 cm³/mol. The van der Waals surface area contributed by atoms with E-state index < -0.39 is 10.0 Å². The zero-order chi connectivity index (χ0) is 20.3. The second-order valence-corrected chi connectivity index (χ2v) is 9.06. The first-order valence-corrected chi connectivity index (χ1v) is 11.1. The lowest BCUT2D eigenvalue weighted by Crippen LogP contribution is -2.14. The van der Waals surface area contributed by atoms with E-state index in [4.69, 9.17) is 11.6 Å². The Balaban J connectivity index is 1.76. The van der Waals surface area contributed by atoms with E-state index in [0.29, 0.717) is 23.3 Å². The molecule has 2 aromatic carbocycles. The van der Waals surface area contributed by atoms with Gasteiger partial charge in [-0.3, -0.25) is 9.40 Å². The van der Waals surface area contributed by atoms with Crippen molar-refractivity contribution in [1.29, 1.82) is 0 Å². The summed E-state index contributed by atoms with van der Waals surface area (Å²) in [6.45, 7) is 6.66. The van der Waals surface area contributed by atoms with Gasteiger partial charge in [-0.15, -0.1) is 0 Å². The number of hydrogen-bond acceptors (Lipinski definition) is 3. The molecule has 28 heavy (non-hydrogen) atoms. The molecule has 5 nitrogen and oxygen atoms in total. The summed E-state index contributed by atoms with van der Waals surface area (Å²) >= 11 is 5.92. The van der Waals surface area contributed by atoms with Gasteiger partial charge in [0.1, 0.15) is 0 Å². The number of aryl methyl sites for hydroxylation is 1. The smallest absolute Gasteiger partial charge is 0.263 e. The van der Waals surface area contributed by atoms with Crippen LogP contribution in [-0.2, 0) is 16.6 Å². The summed E-state index contributed by atoms with van der Waals surface area (Å²) in [6, 6.07) is 16.2. The van der Waals surface area contributed by atoms with Crippen LogP contribution in [0.15, 0.2) is 59.5 Å². The van der Waals surface area contributed by atoms with Gasteiger partial charge in [-0.1, -0.05) is 49.7 Å². The Hall–Kier alpha value is -2.31. The summed E-state index contributed by atoms with van der Waals surface area (Å²) in [5, 5.41) is 5.07. The second-order valence-electron chi connectivity index (χ2n) is 6.94. The molecule has 1 unspecified atom stereocenters. The van der Waals surface area contributed by atoms with Crippen LogP contribution < -0.4 is 4.72 Å². The molecule has 1 aromatic heterocycles. The van der Waals surface area contributed by atoms with Gasteiger partial charge in [-0.05, 0) is 54.7 Å². The maximum absolute atomic E-state index is 12.7. The number of rotatable bonds is 7. The first-order chi connectivity index (χ1) is 13.3. The number of nitrogens with zero attached hydrogens (tertiary/aromatic N) is 2. The van der Waals surface area contributed by atoms with Gasteiger partial charge in [-0.2, -0.15) is 5.10 Å². The van der Waals surface area contributed by atoms with Crippen molar-refractivity contribution in [3.05, 3.63) is 76.4 Å². The molecule has 1 N–H and O–H groups in total. The average molecular weight is 418 g/mol. The van der Waals surface area contributed by atoms with Crippen molar-refractivity contribution >= 4 is 27.4 Å². The number of hydrogen-bond donors (Lipinski definition) is 1. The van der Waals surface area contributed by atoms with E-state index in [9.17, 15) is 8.42 Å². The Morgan fingerprint density at radius 1 is 1.11 bits per heavy atom. The van der Waals surface area contributed by atoms with E-state index in [1.54, 1.807) is 22.9 Å². The van der Waals surface area contributed by atoms with E-state index in [0.717, 1.165) is 23.2 Å². The van der Waals surface area contributed by atoms with E-state index in [1.165, 1.54) is 0 Å². The number of anilines is 1. The Morgan fingerprint density at radius 3 is 2.36 bits per heavy atom. The first kappa shape index (κ1) is 20.4. The molecule has 3 rings (SSSR count). The van der Waals surface area contributed by atoms with Crippen LogP contribution in [0.2, 0.25) is 5.02 Å². The van der Waals surface area contributed by atoms with E-state index in [-0.39, 0.29) is 4.90 Å². The minimum atomic E-state index is -3.69. The summed E-state index contributed by atoms with van der Waals surface area (Å²) in [6.07, 6.45) is 1.01. The third kappa shape index (κ3) is 4.75. The summed E-state index contributed by atoms with van der Waals surface area (Å²) in [7, 11) is -3.69. The molecule has 0 aliphatic rings. The highest BCUT2D eigenvalue weighted by Gasteiger charge is 2.17. The van der Waals surface area contributed by atoms with Crippen molar-refractivity contribution in [1.82, 2.24) is 9.78 Å². The van der Waals surface area contributed by atoms with Crippen LogP contribution in [-0.4, -0.2) is 18.2 Å². The summed E-state index contributed by atoms with van der Waals surface area (Å²) in [5.74, 6) is 0.702. The van der Waals surface area contributed by atoms with Crippen molar-refractivity contribution < 1.29 is 8.42 Å². The molecule has 0 bridgehead atoms. The van der Waals surface area contributed by atoms with Gasteiger partial charge in [0.2, 0.25) is 0 Å². The van der Waals surface area contributed by atoms with Gasteiger partial charge in [-0.25, -0.2) is 8.42 Å². The molecule has 0 radical (unpaired) electrons.